The van der Waals surface area contributed by atoms with Gasteiger partial charge in [-0.3, -0.25) is 9.59 Å². The van der Waals surface area contributed by atoms with Crippen molar-refractivity contribution < 1.29 is 19.2 Å². The van der Waals surface area contributed by atoms with Crippen LogP contribution in [0.2, 0.25) is 0 Å². The second kappa shape index (κ2) is 9.10. The van der Waals surface area contributed by atoms with Crippen LogP contribution in [0.1, 0.15) is 51.2 Å². The molecule has 0 unspecified atom stereocenters. The molecule has 0 spiro atoms. The van der Waals surface area contributed by atoms with Crippen molar-refractivity contribution in [3.63, 3.8) is 0 Å². The minimum absolute atomic E-state index is 0.0242. The van der Waals surface area contributed by atoms with Gasteiger partial charge < -0.3 is 14.5 Å². The molecule has 0 saturated heterocycles. The maximum atomic E-state index is 12.0. The molecular formula is C14H23N3O4. The molecule has 1 amide bonds. The van der Waals surface area contributed by atoms with E-state index in [-0.39, 0.29) is 18.9 Å². The summed E-state index contributed by atoms with van der Waals surface area (Å²) >= 11 is 0. The SMILES string of the molecule is CCCc1noc(CCCC(=O)N(CC)CCC(=O)O)n1. The molecule has 7 nitrogen and oxygen atoms in total. The highest BCUT2D eigenvalue weighted by Crippen LogP contribution is 2.07. The Morgan fingerprint density at radius 2 is 2.00 bits per heavy atom. The molecule has 0 saturated carbocycles. The maximum Gasteiger partial charge on any atom is 0.305 e. The zero-order valence-electron chi connectivity index (χ0n) is 12.7. The number of hydrogen-bond acceptors (Lipinski definition) is 5. The summed E-state index contributed by atoms with van der Waals surface area (Å²) in [6, 6.07) is 0. The van der Waals surface area contributed by atoms with E-state index in [0.717, 1.165) is 12.8 Å². The minimum Gasteiger partial charge on any atom is -0.481 e. The first-order chi connectivity index (χ1) is 10.1. The van der Waals surface area contributed by atoms with Gasteiger partial charge in [0.05, 0.1) is 6.42 Å². The number of rotatable bonds is 10. The van der Waals surface area contributed by atoms with E-state index in [2.05, 4.69) is 10.1 Å². The highest BCUT2D eigenvalue weighted by atomic mass is 16.5. The van der Waals surface area contributed by atoms with E-state index in [1.165, 1.54) is 0 Å². The van der Waals surface area contributed by atoms with E-state index >= 15 is 0 Å². The van der Waals surface area contributed by atoms with Crippen molar-refractivity contribution in [1.29, 1.82) is 0 Å². The molecule has 1 rings (SSSR count). The molecule has 0 aliphatic carbocycles. The normalized spacial score (nSPS) is 10.6. The summed E-state index contributed by atoms with van der Waals surface area (Å²) in [5.74, 6) is 0.331. The highest BCUT2D eigenvalue weighted by Gasteiger charge is 2.13. The molecule has 0 atom stereocenters. The first kappa shape index (κ1) is 17.1. The summed E-state index contributed by atoms with van der Waals surface area (Å²) < 4.78 is 5.10. The Hall–Kier alpha value is -1.92. The average molecular weight is 297 g/mol. The highest BCUT2D eigenvalue weighted by molar-refractivity contribution is 5.77. The van der Waals surface area contributed by atoms with E-state index in [9.17, 15) is 9.59 Å². The zero-order chi connectivity index (χ0) is 15.7. The van der Waals surface area contributed by atoms with E-state index in [4.69, 9.17) is 9.63 Å². The van der Waals surface area contributed by atoms with Crippen molar-refractivity contribution in [1.82, 2.24) is 15.0 Å². The molecule has 0 aromatic carbocycles. The molecule has 1 N–H and O–H groups in total. The van der Waals surface area contributed by atoms with Gasteiger partial charge in [-0.05, 0) is 19.8 Å². The number of amides is 1. The van der Waals surface area contributed by atoms with Crippen LogP contribution < -0.4 is 0 Å². The topological polar surface area (TPSA) is 96.5 Å². The fourth-order valence-corrected chi connectivity index (χ4v) is 1.96. The number of nitrogens with zero attached hydrogens (tertiary/aromatic N) is 3. The van der Waals surface area contributed by atoms with Gasteiger partial charge in [0.25, 0.3) is 0 Å². The van der Waals surface area contributed by atoms with Crippen LogP contribution in [0.3, 0.4) is 0 Å². The number of aromatic nitrogens is 2. The lowest BCUT2D eigenvalue weighted by molar-refractivity contribution is -0.138. The second-order valence-electron chi connectivity index (χ2n) is 4.83. The summed E-state index contributed by atoms with van der Waals surface area (Å²) in [5, 5.41) is 12.5. The third kappa shape index (κ3) is 6.37. The van der Waals surface area contributed by atoms with Gasteiger partial charge in [0.2, 0.25) is 11.8 Å². The summed E-state index contributed by atoms with van der Waals surface area (Å²) in [6.45, 7) is 4.67. The van der Waals surface area contributed by atoms with Crippen LogP contribution >= 0.6 is 0 Å². The number of aliphatic carboxylic acids is 1. The van der Waals surface area contributed by atoms with Crippen molar-refractivity contribution in [2.45, 2.75) is 52.4 Å². The van der Waals surface area contributed by atoms with E-state index in [1.54, 1.807) is 4.90 Å². The van der Waals surface area contributed by atoms with Gasteiger partial charge in [0.1, 0.15) is 0 Å². The standard InChI is InChI=1S/C14H23N3O4/c1-3-6-11-15-12(21-16-11)7-5-8-13(18)17(4-2)10-9-14(19)20/h3-10H2,1-2H3,(H,19,20). The Morgan fingerprint density at radius 1 is 1.24 bits per heavy atom. The van der Waals surface area contributed by atoms with Crippen LogP contribution in [0, 0.1) is 0 Å². The van der Waals surface area contributed by atoms with E-state index in [1.807, 2.05) is 13.8 Å². The van der Waals surface area contributed by atoms with Gasteiger partial charge in [0, 0.05) is 32.4 Å². The summed E-state index contributed by atoms with van der Waals surface area (Å²) in [6.07, 6.45) is 3.28. The average Bonchev–Trinajstić information content (AvgIpc) is 2.87. The molecule has 0 fully saturated rings. The maximum absolute atomic E-state index is 12.0. The van der Waals surface area contributed by atoms with Crippen molar-refractivity contribution in [2.24, 2.45) is 0 Å². The molecule has 118 valence electrons. The molecule has 1 aromatic heterocycles. The van der Waals surface area contributed by atoms with E-state index < -0.39 is 5.97 Å². The van der Waals surface area contributed by atoms with Gasteiger partial charge in [0.15, 0.2) is 5.82 Å². The van der Waals surface area contributed by atoms with Gasteiger partial charge in [-0.15, -0.1) is 0 Å². The van der Waals surface area contributed by atoms with Crippen LogP contribution in [0.4, 0.5) is 0 Å². The van der Waals surface area contributed by atoms with Crippen molar-refractivity contribution in [3.05, 3.63) is 11.7 Å². The Kier molecular flexibility index (Phi) is 7.42. The van der Waals surface area contributed by atoms with Gasteiger partial charge >= 0.3 is 5.97 Å². The number of aryl methyl sites for hydroxylation is 2. The van der Waals surface area contributed by atoms with E-state index in [0.29, 0.717) is 37.5 Å². The molecule has 7 heteroatoms. The summed E-state index contributed by atoms with van der Waals surface area (Å²) in [4.78, 5) is 28.3. The second-order valence-corrected chi connectivity index (χ2v) is 4.83. The first-order valence-electron chi connectivity index (χ1n) is 7.37. The fourth-order valence-electron chi connectivity index (χ4n) is 1.96. The number of carbonyl (C=O) groups is 2. The minimum atomic E-state index is -0.893. The van der Waals surface area contributed by atoms with Crippen LogP contribution in [-0.2, 0) is 22.4 Å². The van der Waals surface area contributed by atoms with Crippen LogP contribution in [0.15, 0.2) is 4.52 Å². The smallest absolute Gasteiger partial charge is 0.305 e. The molecule has 21 heavy (non-hydrogen) atoms. The molecule has 0 aliphatic rings. The molecule has 0 aliphatic heterocycles. The lowest BCUT2D eigenvalue weighted by Gasteiger charge is -2.19. The van der Waals surface area contributed by atoms with Gasteiger partial charge in [-0.1, -0.05) is 12.1 Å². The Morgan fingerprint density at radius 3 is 2.62 bits per heavy atom. The predicted octanol–water partition coefficient (Wildman–Crippen LogP) is 1.67. The van der Waals surface area contributed by atoms with Gasteiger partial charge in [-0.25, -0.2) is 0 Å². The van der Waals surface area contributed by atoms with Crippen LogP contribution in [-0.4, -0.2) is 45.1 Å². The molecule has 0 bridgehead atoms. The van der Waals surface area contributed by atoms with Crippen molar-refractivity contribution >= 4 is 11.9 Å². The van der Waals surface area contributed by atoms with Gasteiger partial charge in [-0.2, -0.15) is 4.98 Å². The number of hydrogen-bond donors (Lipinski definition) is 1. The Bertz CT molecular complexity index is 459. The largest absolute Gasteiger partial charge is 0.481 e. The van der Waals surface area contributed by atoms with Crippen molar-refractivity contribution in [3.8, 4) is 0 Å². The Labute approximate surface area is 124 Å². The fraction of sp³-hybridized carbons (Fsp3) is 0.714. The van der Waals surface area contributed by atoms with Crippen LogP contribution in [0.25, 0.3) is 0 Å². The lowest BCUT2D eigenvalue weighted by Crippen LogP contribution is -2.32. The number of carbonyl (C=O) groups excluding carboxylic acids is 1. The first-order valence-corrected chi connectivity index (χ1v) is 7.37. The lowest BCUT2D eigenvalue weighted by atomic mass is 10.2. The Balaban J connectivity index is 2.32. The number of carboxylic acids is 1. The molecule has 1 aromatic rings. The van der Waals surface area contributed by atoms with Crippen molar-refractivity contribution in [2.75, 3.05) is 13.1 Å². The quantitative estimate of drug-likeness (QED) is 0.705. The summed E-state index contributed by atoms with van der Waals surface area (Å²) in [5.41, 5.74) is 0. The van der Waals surface area contributed by atoms with Crippen LogP contribution in [0.5, 0.6) is 0 Å². The zero-order valence-corrected chi connectivity index (χ0v) is 12.7. The third-order valence-corrected chi connectivity index (χ3v) is 3.10. The number of carboxylic acid groups (broad SMARTS) is 1. The third-order valence-electron chi connectivity index (χ3n) is 3.10. The molecule has 0 radical (unpaired) electrons. The summed E-state index contributed by atoms with van der Waals surface area (Å²) in [7, 11) is 0. The monoisotopic (exact) mass is 297 g/mol. The predicted molar refractivity (Wildman–Crippen MR) is 75.7 cm³/mol. The molecular weight excluding hydrogens is 274 g/mol. The molecule has 1 heterocycles.